The summed E-state index contributed by atoms with van der Waals surface area (Å²) in [5, 5.41) is 4.65. The van der Waals surface area contributed by atoms with Crippen molar-refractivity contribution in [3.63, 3.8) is 0 Å². The third-order valence-corrected chi connectivity index (χ3v) is 3.54. The molecule has 1 heterocycles. The van der Waals surface area contributed by atoms with Crippen LogP contribution in [0.3, 0.4) is 0 Å². The van der Waals surface area contributed by atoms with E-state index in [0.717, 1.165) is 6.07 Å². The number of nitrogens with two attached hydrogens (primary N) is 1. The van der Waals surface area contributed by atoms with Crippen molar-refractivity contribution in [2.45, 2.75) is 32.4 Å². The fourth-order valence-corrected chi connectivity index (χ4v) is 2.49. The summed E-state index contributed by atoms with van der Waals surface area (Å²) in [6.45, 7) is 3.91. The standard InChI is InChI=1S/C14H17ClF2N4/c1-8(2)21-14(11(15)7-19-21)13(20-18)5-9-3-4-10(16)6-12(9)17/h3-4,6-8,13,20H,5,18H2,1-2H3. The molecular formula is C14H17ClF2N4. The molecule has 0 spiro atoms. The van der Waals surface area contributed by atoms with E-state index in [1.54, 1.807) is 4.68 Å². The van der Waals surface area contributed by atoms with Gasteiger partial charge >= 0.3 is 0 Å². The molecule has 1 aromatic carbocycles. The molecule has 21 heavy (non-hydrogen) atoms. The van der Waals surface area contributed by atoms with Crippen LogP contribution in [-0.4, -0.2) is 9.78 Å². The second-order valence-corrected chi connectivity index (χ2v) is 5.48. The lowest BCUT2D eigenvalue weighted by molar-refractivity contribution is 0.443. The molecule has 0 aliphatic rings. The molecule has 1 unspecified atom stereocenters. The van der Waals surface area contributed by atoms with Crippen LogP contribution in [0.4, 0.5) is 8.78 Å². The topological polar surface area (TPSA) is 55.9 Å². The van der Waals surface area contributed by atoms with Crippen LogP contribution in [0.15, 0.2) is 24.4 Å². The van der Waals surface area contributed by atoms with Gasteiger partial charge in [-0.3, -0.25) is 16.0 Å². The maximum atomic E-state index is 13.8. The summed E-state index contributed by atoms with van der Waals surface area (Å²) < 4.78 is 28.5. The van der Waals surface area contributed by atoms with Crippen molar-refractivity contribution in [3.05, 3.63) is 52.3 Å². The predicted octanol–water partition coefficient (Wildman–Crippen LogP) is 3.14. The Balaban J connectivity index is 2.34. The minimum atomic E-state index is -0.612. The molecule has 0 fully saturated rings. The van der Waals surface area contributed by atoms with E-state index >= 15 is 0 Å². The van der Waals surface area contributed by atoms with E-state index in [4.69, 9.17) is 17.4 Å². The number of benzene rings is 1. The van der Waals surface area contributed by atoms with Gasteiger partial charge in [0.1, 0.15) is 11.6 Å². The number of aromatic nitrogens is 2. The molecule has 0 saturated carbocycles. The molecule has 0 radical (unpaired) electrons. The quantitative estimate of drug-likeness (QED) is 0.658. The SMILES string of the molecule is CC(C)n1ncc(Cl)c1C(Cc1ccc(F)cc1F)NN. The lowest BCUT2D eigenvalue weighted by Crippen LogP contribution is -2.32. The van der Waals surface area contributed by atoms with Crippen molar-refractivity contribution in [1.29, 1.82) is 0 Å². The van der Waals surface area contributed by atoms with Crippen molar-refractivity contribution in [1.82, 2.24) is 15.2 Å². The highest BCUT2D eigenvalue weighted by Gasteiger charge is 2.22. The van der Waals surface area contributed by atoms with Crippen molar-refractivity contribution < 1.29 is 8.78 Å². The summed E-state index contributed by atoms with van der Waals surface area (Å²) >= 11 is 6.16. The van der Waals surface area contributed by atoms with Gasteiger partial charge < -0.3 is 0 Å². The van der Waals surface area contributed by atoms with Crippen LogP contribution in [0.25, 0.3) is 0 Å². The van der Waals surface area contributed by atoms with Gasteiger partial charge in [0.05, 0.1) is 23.0 Å². The summed E-state index contributed by atoms with van der Waals surface area (Å²) in [6.07, 6.45) is 1.77. The largest absolute Gasteiger partial charge is 0.271 e. The van der Waals surface area contributed by atoms with Crippen LogP contribution in [0.2, 0.25) is 5.02 Å². The van der Waals surface area contributed by atoms with E-state index in [1.165, 1.54) is 18.3 Å². The lowest BCUT2D eigenvalue weighted by atomic mass is 10.0. The van der Waals surface area contributed by atoms with E-state index in [-0.39, 0.29) is 12.5 Å². The zero-order chi connectivity index (χ0) is 15.6. The average Bonchev–Trinajstić information content (AvgIpc) is 2.80. The fourth-order valence-electron chi connectivity index (χ4n) is 2.23. The van der Waals surface area contributed by atoms with Crippen LogP contribution in [0.5, 0.6) is 0 Å². The number of halogens is 3. The summed E-state index contributed by atoms with van der Waals surface area (Å²) in [6, 6.07) is 3.13. The normalized spacial score (nSPS) is 12.9. The summed E-state index contributed by atoms with van der Waals surface area (Å²) in [4.78, 5) is 0. The molecular weight excluding hydrogens is 298 g/mol. The molecule has 1 atom stereocenters. The number of nitrogens with one attached hydrogen (secondary N) is 1. The van der Waals surface area contributed by atoms with Gasteiger partial charge in [0.25, 0.3) is 0 Å². The molecule has 0 aliphatic heterocycles. The van der Waals surface area contributed by atoms with Gasteiger partial charge in [-0.1, -0.05) is 17.7 Å². The van der Waals surface area contributed by atoms with Crippen molar-refractivity contribution in [2.75, 3.05) is 0 Å². The molecule has 1 aromatic heterocycles. The minimum absolute atomic E-state index is 0.0846. The Hall–Kier alpha value is -1.50. The molecule has 7 heteroatoms. The van der Waals surface area contributed by atoms with E-state index in [1.807, 2.05) is 13.8 Å². The second-order valence-electron chi connectivity index (χ2n) is 5.08. The predicted molar refractivity (Wildman–Crippen MR) is 77.7 cm³/mol. The fraction of sp³-hybridized carbons (Fsp3) is 0.357. The Labute approximate surface area is 126 Å². The first kappa shape index (κ1) is 15.9. The lowest BCUT2D eigenvalue weighted by Gasteiger charge is -2.20. The van der Waals surface area contributed by atoms with E-state index in [9.17, 15) is 8.78 Å². The monoisotopic (exact) mass is 314 g/mol. The molecule has 3 N–H and O–H groups in total. The molecule has 114 valence electrons. The smallest absolute Gasteiger partial charge is 0.129 e. The van der Waals surface area contributed by atoms with E-state index in [2.05, 4.69) is 10.5 Å². The van der Waals surface area contributed by atoms with Crippen LogP contribution < -0.4 is 11.3 Å². The third-order valence-electron chi connectivity index (χ3n) is 3.25. The Bertz CT molecular complexity index is 627. The van der Waals surface area contributed by atoms with Crippen molar-refractivity contribution in [3.8, 4) is 0 Å². The van der Waals surface area contributed by atoms with Crippen LogP contribution >= 0.6 is 11.6 Å². The number of rotatable bonds is 5. The molecule has 0 bridgehead atoms. The Morgan fingerprint density at radius 3 is 2.67 bits per heavy atom. The Kier molecular flexibility index (Phi) is 4.92. The zero-order valence-electron chi connectivity index (χ0n) is 11.8. The molecule has 0 aliphatic carbocycles. The highest BCUT2D eigenvalue weighted by molar-refractivity contribution is 6.31. The van der Waals surface area contributed by atoms with E-state index in [0.29, 0.717) is 16.3 Å². The highest BCUT2D eigenvalue weighted by Crippen LogP contribution is 2.28. The van der Waals surface area contributed by atoms with Crippen LogP contribution in [-0.2, 0) is 6.42 Å². The van der Waals surface area contributed by atoms with Crippen LogP contribution in [0, 0.1) is 11.6 Å². The summed E-state index contributed by atoms with van der Waals surface area (Å²) in [7, 11) is 0. The first-order valence-corrected chi connectivity index (χ1v) is 6.94. The molecule has 0 amide bonds. The molecule has 4 nitrogen and oxygen atoms in total. The van der Waals surface area contributed by atoms with Gasteiger partial charge in [-0.15, -0.1) is 0 Å². The van der Waals surface area contributed by atoms with Gasteiger partial charge in [0.2, 0.25) is 0 Å². The zero-order valence-corrected chi connectivity index (χ0v) is 12.5. The third kappa shape index (κ3) is 3.40. The van der Waals surface area contributed by atoms with Gasteiger partial charge in [0, 0.05) is 12.1 Å². The molecule has 2 aromatic rings. The number of nitrogens with zero attached hydrogens (tertiary/aromatic N) is 2. The van der Waals surface area contributed by atoms with Gasteiger partial charge in [-0.05, 0) is 31.9 Å². The average molecular weight is 315 g/mol. The maximum Gasteiger partial charge on any atom is 0.129 e. The molecule has 2 rings (SSSR count). The first-order valence-electron chi connectivity index (χ1n) is 6.57. The Morgan fingerprint density at radius 1 is 1.38 bits per heavy atom. The summed E-state index contributed by atoms with van der Waals surface area (Å²) in [5.41, 5.74) is 3.66. The summed E-state index contributed by atoms with van der Waals surface area (Å²) in [5.74, 6) is 4.36. The second kappa shape index (κ2) is 6.51. The minimum Gasteiger partial charge on any atom is -0.271 e. The van der Waals surface area contributed by atoms with Gasteiger partial charge in [-0.25, -0.2) is 8.78 Å². The van der Waals surface area contributed by atoms with Gasteiger partial charge in [-0.2, -0.15) is 5.10 Å². The number of hydrogen-bond acceptors (Lipinski definition) is 3. The van der Waals surface area contributed by atoms with E-state index < -0.39 is 17.7 Å². The first-order chi connectivity index (χ1) is 9.93. The number of hydrogen-bond donors (Lipinski definition) is 2. The maximum absolute atomic E-state index is 13.8. The molecule has 0 saturated heterocycles. The van der Waals surface area contributed by atoms with Crippen LogP contribution in [0.1, 0.15) is 37.2 Å². The Morgan fingerprint density at radius 2 is 2.10 bits per heavy atom. The highest BCUT2D eigenvalue weighted by atomic mass is 35.5. The van der Waals surface area contributed by atoms with Crippen molar-refractivity contribution >= 4 is 11.6 Å². The number of hydrazine groups is 1. The van der Waals surface area contributed by atoms with Gasteiger partial charge in [0.15, 0.2) is 0 Å². The van der Waals surface area contributed by atoms with Crippen molar-refractivity contribution in [2.24, 2.45) is 5.84 Å².